The summed E-state index contributed by atoms with van der Waals surface area (Å²) in [6, 6.07) is 11.7. The molecule has 0 spiro atoms. The smallest absolute Gasteiger partial charge is 0.0113 e. The van der Waals surface area contributed by atoms with Crippen molar-refractivity contribution in [3.8, 4) is 0 Å². The highest BCUT2D eigenvalue weighted by molar-refractivity contribution is 5.85. The fourth-order valence-corrected chi connectivity index (χ4v) is 4.11. The maximum atomic E-state index is 6.19. The minimum atomic E-state index is 0. The molecule has 0 unspecified atom stereocenters. The second-order valence-electron chi connectivity index (χ2n) is 6.92. The van der Waals surface area contributed by atoms with E-state index in [1.54, 1.807) is 0 Å². The molecule has 5 heteroatoms. The van der Waals surface area contributed by atoms with Crippen molar-refractivity contribution in [3.63, 3.8) is 0 Å². The Hall–Kier alpha value is -0.320. The number of benzene rings is 1. The average Bonchev–Trinajstić information content (AvgIpc) is 2.56. The lowest BCUT2D eigenvalue weighted by atomic mass is 9.68. The van der Waals surface area contributed by atoms with Gasteiger partial charge in [0.05, 0.1) is 0 Å². The molecule has 132 valence electrons. The largest absolute Gasteiger partial charge is 0.330 e. The highest BCUT2D eigenvalue weighted by Crippen LogP contribution is 2.40. The van der Waals surface area contributed by atoms with E-state index in [2.05, 4.69) is 47.2 Å². The maximum Gasteiger partial charge on any atom is 0.0113 e. The van der Waals surface area contributed by atoms with Crippen molar-refractivity contribution >= 4 is 24.8 Å². The predicted octanol–water partition coefficient (Wildman–Crippen LogP) is 2.92. The molecule has 3 rings (SSSR count). The molecule has 0 aromatic heterocycles. The van der Waals surface area contributed by atoms with Crippen LogP contribution in [-0.4, -0.2) is 55.6 Å². The highest BCUT2D eigenvalue weighted by Gasteiger charge is 2.37. The SMILES string of the molecule is CN1CCN([C@H]2CC[C@@](CN)(c3ccccc3)CC2)CC1.Cl.Cl. The lowest BCUT2D eigenvalue weighted by molar-refractivity contribution is 0.0757. The average molecular weight is 360 g/mol. The van der Waals surface area contributed by atoms with Crippen molar-refractivity contribution in [1.29, 1.82) is 0 Å². The van der Waals surface area contributed by atoms with Crippen molar-refractivity contribution in [3.05, 3.63) is 35.9 Å². The molecule has 23 heavy (non-hydrogen) atoms. The first kappa shape index (κ1) is 20.7. The normalized spacial score (nSPS) is 29.4. The van der Waals surface area contributed by atoms with Crippen molar-refractivity contribution in [2.75, 3.05) is 39.8 Å². The zero-order valence-corrected chi connectivity index (χ0v) is 15.7. The first-order valence-electron chi connectivity index (χ1n) is 8.42. The Kier molecular flexibility index (Phi) is 8.32. The summed E-state index contributed by atoms with van der Waals surface area (Å²) in [5.41, 5.74) is 7.87. The second kappa shape index (κ2) is 9.24. The summed E-state index contributed by atoms with van der Waals surface area (Å²) in [5, 5.41) is 0. The van der Waals surface area contributed by atoms with E-state index in [0.29, 0.717) is 0 Å². The van der Waals surface area contributed by atoms with Gasteiger partial charge in [-0.2, -0.15) is 0 Å². The van der Waals surface area contributed by atoms with Crippen molar-refractivity contribution in [2.45, 2.75) is 37.1 Å². The molecule has 0 atom stereocenters. The summed E-state index contributed by atoms with van der Waals surface area (Å²) in [7, 11) is 2.23. The topological polar surface area (TPSA) is 32.5 Å². The summed E-state index contributed by atoms with van der Waals surface area (Å²) < 4.78 is 0. The maximum absolute atomic E-state index is 6.19. The first-order valence-corrected chi connectivity index (χ1v) is 8.42. The zero-order chi connectivity index (χ0) is 14.7. The summed E-state index contributed by atoms with van der Waals surface area (Å²) in [5.74, 6) is 0. The van der Waals surface area contributed by atoms with Gasteiger partial charge in [-0.15, -0.1) is 24.8 Å². The Morgan fingerprint density at radius 1 is 1.00 bits per heavy atom. The van der Waals surface area contributed by atoms with Gasteiger partial charge < -0.3 is 10.6 Å². The Morgan fingerprint density at radius 2 is 1.57 bits per heavy atom. The van der Waals surface area contributed by atoms with Crippen molar-refractivity contribution in [1.82, 2.24) is 9.80 Å². The number of piperazine rings is 1. The highest BCUT2D eigenvalue weighted by atomic mass is 35.5. The van der Waals surface area contributed by atoms with E-state index in [1.807, 2.05) is 0 Å². The van der Waals surface area contributed by atoms with Crippen LogP contribution in [0.15, 0.2) is 30.3 Å². The summed E-state index contributed by atoms with van der Waals surface area (Å²) in [6.07, 6.45) is 5.08. The van der Waals surface area contributed by atoms with Gasteiger partial charge in [-0.05, 0) is 38.3 Å². The molecule has 3 nitrogen and oxygen atoms in total. The van der Waals surface area contributed by atoms with Crippen LogP contribution in [0.25, 0.3) is 0 Å². The van der Waals surface area contributed by atoms with Crippen LogP contribution in [-0.2, 0) is 5.41 Å². The monoisotopic (exact) mass is 359 g/mol. The van der Waals surface area contributed by atoms with Crippen LogP contribution in [0.2, 0.25) is 0 Å². The van der Waals surface area contributed by atoms with Crippen LogP contribution in [0.3, 0.4) is 0 Å². The zero-order valence-electron chi connectivity index (χ0n) is 14.1. The van der Waals surface area contributed by atoms with Gasteiger partial charge >= 0.3 is 0 Å². The van der Waals surface area contributed by atoms with Gasteiger partial charge in [0, 0.05) is 44.2 Å². The number of nitrogens with two attached hydrogens (primary N) is 1. The van der Waals surface area contributed by atoms with Crippen LogP contribution < -0.4 is 5.73 Å². The van der Waals surface area contributed by atoms with E-state index < -0.39 is 0 Å². The van der Waals surface area contributed by atoms with E-state index in [-0.39, 0.29) is 30.2 Å². The number of hydrogen-bond donors (Lipinski definition) is 1. The molecule has 1 aromatic rings. The van der Waals surface area contributed by atoms with Crippen molar-refractivity contribution in [2.24, 2.45) is 5.73 Å². The fourth-order valence-electron chi connectivity index (χ4n) is 4.11. The molecule has 1 saturated carbocycles. The van der Waals surface area contributed by atoms with Gasteiger partial charge in [-0.1, -0.05) is 30.3 Å². The fraction of sp³-hybridized carbons (Fsp3) is 0.667. The van der Waals surface area contributed by atoms with E-state index in [9.17, 15) is 0 Å². The molecule has 1 aliphatic carbocycles. The van der Waals surface area contributed by atoms with Crippen molar-refractivity contribution < 1.29 is 0 Å². The molecule has 0 radical (unpaired) electrons. The first-order chi connectivity index (χ1) is 10.2. The molecule has 2 fully saturated rings. The molecule has 1 saturated heterocycles. The van der Waals surface area contributed by atoms with E-state index in [4.69, 9.17) is 5.73 Å². The minimum Gasteiger partial charge on any atom is -0.330 e. The van der Waals surface area contributed by atoms with Gasteiger partial charge in [-0.3, -0.25) is 4.90 Å². The van der Waals surface area contributed by atoms with Gasteiger partial charge in [0.25, 0.3) is 0 Å². The molecule has 2 aliphatic rings. The Labute approximate surface area is 153 Å². The van der Waals surface area contributed by atoms with Crippen LogP contribution in [0.4, 0.5) is 0 Å². The van der Waals surface area contributed by atoms with E-state index in [0.717, 1.165) is 12.6 Å². The third kappa shape index (κ3) is 4.61. The molecule has 0 amide bonds. The van der Waals surface area contributed by atoms with Gasteiger partial charge in [-0.25, -0.2) is 0 Å². The molecule has 1 heterocycles. The van der Waals surface area contributed by atoms with E-state index >= 15 is 0 Å². The Morgan fingerprint density at radius 3 is 2.09 bits per heavy atom. The number of halogens is 2. The number of likely N-dealkylation sites (N-methyl/N-ethyl adjacent to an activating group) is 1. The molecule has 1 aromatic carbocycles. The number of hydrogen-bond acceptors (Lipinski definition) is 3. The molecule has 1 aliphatic heterocycles. The van der Waals surface area contributed by atoms with Gasteiger partial charge in [0.15, 0.2) is 0 Å². The number of nitrogens with zero attached hydrogens (tertiary/aromatic N) is 2. The molecule has 2 N–H and O–H groups in total. The summed E-state index contributed by atoms with van der Waals surface area (Å²) in [6.45, 7) is 5.70. The Bertz CT molecular complexity index is 439. The third-order valence-corrected chi connectivity index (χ3v) is 5.74. The molecular weight excluding hydrogens is 329 g/mol. The third-order valence-electron chi connectivity index (χ3n) is 5.74. The minimum absolute atomic E-state index is 0. The van der Waals surface area contributed by atoms with Crippen LogP contribution >= 0.6 is 24.8 Å². The summed E-state index contributed by atoms with van der Waals surface area (Å²) in [4.78, 5) is 5.15. The number of rotatable bonds is 3. The van der Waals surface area contributed by atoms with Gasteiger partial charge in [0.2, 0.25) is 0 Å². The lowest BCUT2D eigenvalue weighted by Crippen LogP contribution is -2.52. The van der Waals surface area contributed by atoms with Crippen LogP contribution in [0, 0.1) is 0 Å². The molecule has 0 bridgehead atoms. The van der Waals surface area contributed by atoms with Crippen LogP contribution in [0.1, 0.15) is 31.2 Å². The van der Waals surface area contributed by atoms with Gasteiger partial charge in [0.1, 0.15) is 0 Å². The standard InChI is InChI=1S/C18H29N3.2ClH/c1-20-11-13-21(14-12-20)17-7-9-18(15-19,10-8-17)16-5-3-2-4-6-16;;/h2-6,17H,7-15,19H2,1H3;2*1H/t17-,18+;;. The lowest BCUT2D eigenvalue weighted by Gasteiger charge is -2.45. The van der Waals surface area contributed by atoms with Crippen LogP contribution in [0.5, 0.6) is 0 Å². The quantitative estimate of drug-likeness (QED) is 0.900. The summed E-state index contributed by atoms with van der Waals surface area (Å²) >= 11 is 0. The predicted molar refractivity (Wildman–Crippen MR) is 103 cm³/mol. The van der Waals surface area contributed by atoms with E-state index in [1.165, 1.54) is 57.4 Å². The Balaban J connectivity index is 0.00000132. The molecular formula is C18H31Cl2N3. The second-order valence-corrected chi connectivity index (χ2v) is 6.92.